The summed E-state index contributed by atoms with van der Waals surface area (Å²) in [4.78, 5) is 22.3. The van der Waals surface area contributed by atoms with Crippen molar-refractivity contribution in [1.29, 1.82) is 0 Å². The number of unbranched alkanes of at least 4 members (excludes halogenated alkanes) is 2. The first-order valence-corrected chi connectivity index (χ1v) is 7.88. The lowest BCUT2D eigenvalue weighted by atomic mass is 10.1. The van der Waals surface area contributed by atoms with Crippen molar-refractivity contribution in [1.82, 2.24) is 5.32 Å². The first-order valence-electron chi connectivity index (χ1n) is 7.88. The van der Waals surface area contributed by atoms with E-state index < -0.39 is 6.03 Å². The van der Waals surface area contributed by atoms with Gasteiger partial charge >= 0.3 is 12.0 Å². The number of amides is 2. The number of benzene rings is 1. The maximum Gasteiger partial charge on any atom is 0.312 e. The quantitative estimate of drug-likeness (QED) is 0.503. The first-order chi connectivity index (χ1) is 11.5. The number of esters is 1. The van der Waals surface area contributed by atoms with Gasteiger partial charge in [-0.25, -0.2) is 4.79 Å². The van der Waals surface area contributed by atoms with Crippen molar-refractivity contribution in [2.45, 2.75) is 39.2 Å². The summed E-state index contributed by atoms with van der Waals surface area (Å²) in [6.07, 6.45) is 2.67. The van der Waals surface area contributed by atoms with Gasteiger partial charge in [-0.1, -0.05) is 6.42 Å². The highest BCUT2D eigenvalue weighted by Gasteiger charge is 2.10. The standard InChI is InChI=1S/C17H26N2O5/c1-12-9-14(22-2)15(23-3)10-13(12)11-24-16(20)7-5-4-6-8-19-17(18)21/h9-10H,4-8,11H2,1-3H3,(H3,18,19,21). The van der Waals surface area contributed by atoms with Gasteiger partial charge in [0.05, 0.1) is 14.2 Å². The zero-order chi connectivity index (χ0) is 17.9. The number of hydrogen-bond acceptors (Lipinski definition) is 5. The molecule has 7 heteroatoms. The Morgan fingerprint density at radius 2 is 1.75 bits per heavy atom. The average Bonchev–Trinajstić information content (AvgIpc) is 2.56. The fraction of sp³-hybridized carbons (Fsp3) is 0.529. The van der Waals surface area contributed by atoms with E-state index in [1.54, 1.807) is 14.2 Å². The van der Waals surface area contributed by atoms with Crippen molar-refractivity contribution in [3.63, 3.8) is 0 Å². The monoisotopic (exact) mass is 338 g/mol. The van der Waals surface area contributed by atoms with Crippen molar-refractivity contribution in [2.24, 2.45) is 5.73 Å². The number of methoxy groups -OCH3 is 2. The van der Waals surface area contributed by atoms with Crippen LogP contribution in [0.2, 0.25) is 0 Å². The normalized spacial score (nSPS) is 10.1. The summed E-state index contributed by atoms with van der Waals surface area (Å²) >= 11 is 0. The lowest BCUT2D eigenvalue weighted by Gasteiger charge is -2.13. The van der Waals surface area contributed by atoms with Crippen LogP contribution < -0.4 is 20.5 Å². The van der Waals surface area contributed by atoms with Gasteiger partial charge in [-0.2, -0.15) is 0 Å². The van der Waals surface area contributed by atoms with Gasteiger partial charge in [-0.05, 0) is 43.0 Å². The molecule has 7 nitrogen and oxygen atoms in total. The van der Waals surface area contributed by atoms with Crippen LogP contribution in [0.5, 0.6) is 11.5 Å². The van der Waals surface area contributed by atoms with Crippen molar-refractivity contribution in [3.8, 4) is 11.5 Å². The minimum Gasteiger partial charge on any atom is -0.493 e. The number of carbonyl (C=O) groups excluding carboxylic acids is 2. The van der Waals surface area contributed by atoms with Crippen LogP contribution in [0.25, 0.3) is 0 Å². The van der Waals surface area contributed by atoms with Crippen molar-refractivity contribution in [2.75, 3.05) is 20.8 Å². The summed E-state index contributed by atoms with van der Waals surface area (Å²) in [7, 11) is 3.14. The number of nitrogens with two attached hydrogens (primary N) is 1. The Bertz CT molecular complexity index is 560. The van der Waals surface area contributed by atoms with E-state index in [1.807, 2.05) is 19.1 Å². The molecule has 0 atom stereocenters. The molecule has 0 unspecified atom stereocenters. The van der Waals surface area contributed by atoms with Crippen LogP contribution in [-0.2, 0) is 16.1 Å². The summed E-state index contributed by atoms with van der Waals surface area (Å²) in [6, 6.07) is 3.14. The zero-order valence-electron chi connectivity index (χ0n) is 14.5. The van der Waals surface area contributed by atoms with E-state index in [-0.39, 0.29) is 12.6 Å². The van der Waals surface area contributed by atoms with Crippen LogP contribution in [0.15, 0.2) is 12.1 Å². The van der Waals surface area contributed by atoms with Crippen LogP contribution >= 0.6 is 0 Å². The summed E-state index contributed by atoms with van der Waals surface area (Å²) in [6.45, 7) is 2.65. The second kappa shape index (κ2) is 10.4. The summed E-state index contributed by atoms with van der Waals surface area (Å²) in [5.74, 6) is 1.01. The third kappa shape index (κ3) is 6.76. The van der Waals surface area contributed by atoms with E-state index in [0.717, 1.165) is 24.0 Å². The Hall–Kier alpha value is -2.44. The molecule has 0 heterocycles. The number of urea groups is 1. The van der Waals surface area contributed by atoms with E-state index in [1.165, 1.54) is 0 Å². The Balaban J connectivity index is 2.35. The third-order valence-corrected chi connectivity index (χ3v) is 3.59. The molecule has 0 aliphatic carbocycles. The fourth-order valence-corrected chi connectivity index (χ4v) is 2.19. The largest absolute Gasteiger partial charge is 0.493 e. The van der Waals surface area contributed by atoms with E-state index in [9.17, 15) is 9.59 Å². The molecule has 0 aliphatic heterocycles. The van der Waals surface area contributed by atoms with Crippen LogP contribution in [-0.4, -0.2) is 32.8 Å². The number of rotatable bonds is 10. The maximum absolute atomic E-state index is 11.8. The van der Waals surface area contributed by atoms with Gasteiger partial charge in [0.25, 0.3) is 0 Å². The van der Waals surface area contributed by atoms with E-state index >= 15 is 0 Å². The topological polar surface area (TPSA) is 99.9 Å². The van der Waals surface area contributed by atoms with Gasteiger partial charge in [0.15, 0.2) is 11.5 Å². The Kier molecular flexibility index (Phi) is 8.46. The second-order valence-corrected chi connectivity index (χ2v) is 5.40. The number of ether oxygens (including phenoxy) is 3. The molecule has 0 aliphatic rings. The molecule has 0 saturated carbocycles. The molecule has 1 aromatic rings. The fourth-order valence-electron chi connectivity index (χ4n) is 2.19. The molecule has 1 aromatic carbocycles. The first kappa shape index (κ1) is 19.6. The van der Waals surface area contributed by atoms with Gasteiger partial charge in [-0.15, -0.1) is 0 Å². The smallest absolute Gasteiger partial charge is 0.312 e. The minimum atomic E-state index is -0.528. The molecule has 0 aromatic heterocycles. The predicted molar refractivity (Wildman–Crippen MR) is 90.1 cm³/mol. The molecule has 1 rings (SSSR count). The molecule has 0 bridgehead atoms. The summed E-state index contributed by atoms with van der Waals surface area (Å²) < 4.78 is 15.8. The Morgan fingerprint density at radius 1 is 1.08 bits per heavy atom. The molecule has 3 N–H and O–H groups in total. The van der Waals surface area contributed by atoms with E-state index in [0.29, 0.717) is 30.9 Å². The Labute approximate surface area is 142 Å². The van der Waals surface area contributed by atoms with Crippen LogP contribution in [0.3, 0.4) is 0 Å². The SMILES string of the molecule is COc1cc(C)c(COC(=O)CCCCCNC(N)=O)cc1OC. The van der Waals surface area contributed by atoms with Crippen LogP contribution in [0.4, 0.5) is 4.79 Å². The number of carbonyl (C=O) groups is 2. The van der Waals surface area contributed by atoms with Gasteiger partial charge < -0.3 is 25.3 Å². The summed E-state index contributed by atoms with van der Waals surface area (Å²) in [5, 5.41) is 2.51. The van der Waals surface area contributed by atoms with Gasteiger partial charge in [-0.3, -0.25) is 4.79 Å². The molecular weight excluding hydrogens is 312 g/mol. The van der Waals surface area contributed by atoms with Crippen molar-refractivity contribution >= 4 is 12.0 Å². The molecule has 0 saturated heterocycles. The number of aryl methyl sites for hydroxylation is 1. The average molecular weight is 338 g/mol. The molecule has 24 heavy (non-hydrogen) atoms. The van der Waals surface area contributed by atoms with Gasteiger partial charge in [0.1, 0.15) is 6.61 Å². The van der Waals surface area contributed by atoms with E-state index in [4.69, 9.17) is 19.9 Å². The highest BCUT2D eigenvalue weighted by Crippen LogP contribution is 2.30. The molecule has 134 valence electrons. The minimum absolute atomic E-state index is 0.203. The van der Waals surface area contributed by atoms with E-state index in [2.05, 4.69) is 5.32 Å². The highest BCUT2D eigenvalue weighted by molar-refractivity contribution is 5.71. The molecule has 2 amide bonds. The maximum atomic E-state index is 11.8. The third-order valence-electron chi connectivity index (χ3n) is 3.59. The number of primary amides is 1. The van der Waals surface area contributed by atoms with Crippen LogP contribution in [0, 0.1) is 6.92 Å². The molecule has 0 spiro atoms. The van der Waals surface area contributed by atoms with Gasteiger partial charge in [0, 0.05) is 13.0 Å². The molecule has 0 radical (unpaired) electrons. The highest BCUT2D eigenvalue weighted by atomic mass is 16.5. The molecular formula is C17H26N2O5. The lowest BCUT2D eigenvalue weighted by Crippen LogP contribution is -2.29. The van der Waals surface area contributed by atoms with Crippen LogP contribution in [0.1, 0.15) is 36.8 Å². The summed E-state index contributed by atoms with van der Waals surface area (Å²) in [5.41, 5.74) is 6.81. The zero-order valence-corrected chi connectivity index (χ0v) is 14.5. The number of hydrogen-bond donors (Lipinski definition) is 2. The predicted octanol–water partition coefficient (Wildman–Crippen LogP) is 2.28. The number of nitrogens with one attached hydrogen (secondary N) is 1. The van der Waals surface area contributed by atoms with Crippen molar-refractivity contribution in [3.05, 3.63) is 23.3 Å². The van der Waals surface area contributed by atoms with Gasteiger partial charge in [0.2, 0.25) is 0 Å². The lowest BCUT2D eigenvalue weighted by molar-refractivity contribution is -0.145. The molecule has 0 fully saturated rings. The van der Waals surface area contributed by atoms with Crippen molar-refractivity contribution < 1.29 is 23.8 Å². The second-order valence-electron chi connectivity index (χ2n) is 5.40. The Morgan fingerprint density at radius 3 is 2.38 bits per heavy atom.